The minimum Gasteiger partial charge on any atom is -0.467 e. The number of amides is 3. The maximum atomic E-state index is 11.7. The maximum absolute atomic E-state index is 11.7. The Labute approximate surface area is 121 Å². The number of ether oxygens (including phenoxy) is 1. The molecule has 2 unspecified atom stereocenters. The van der Waals surface area contributed by atoms with E-state index in [-0.39, 0.29) is 0 Å². The second-order valence-electron chi connectivity index (χ2n) is 3.95. The van der Waals surface area contributed by atoms with E-state index >= 15 is 0 Å². The minimum atomic E-state index is -1.00. The molecule has 0 saturated carbocycles. The molecule has 0 heterocycles. The second-order valence-corrected chi connectivity index (χ2v) is 4.60. The normalized spacial score (nSPS) is 12.9. The molecule has 1 aromatic rings. The van der Waals surface area contributed by atoms with Crippen LogP contribution in [0.1, 0.15) is 18.5 Å². The van der Waals surface area contributed by atoms with Crippen molar-refractivity contribution in [2.75, 3.05) is 7.11 Å². The predicted octanol–water partition coefficient (Wildman–Crippen LogP) is 1.35. The number of carbonyl (C=O) groups is 3. The van der Waals surface area contributed by atoms with Gasteiger partial charge in [-0.25, -0.2) is 9.59 Å². The summed E-state index contributed by atoms with van der Waals surface area (Å²) in [6.45, 7) is 1.43. The number of benzene rings is 1. The molecule has 0 saturated heterocycles. The third kappa shape index (κ3) is 4.55. The zero-order valence-corrected chi connectivity index (χ0v) is 11.8. The Kier molecular flexibility index (Phi) is 5.99. The van der Waals surface area contributed by atoms with Crippen LogP contribution in [0, 0.1) is 0 Å². The molecule has 7 heteroatoms. The Morgan fingerprint density at radius 1 is 1.20 bits per heavy atom. The van der Waals surface area contributed by atoms with Crippen LogP contribution >= 0.6 is 11.6 Å². The SMILES string of the molecule is COC(=O)C(NC(=O)NC(=O)C(C)Cl)c1ccccc1. The topological polar surface area (TPSA) is 84.5 Å². The van der Waals surface area contributed by atoms with Gasteiger partial charge in [-0.3, -0.25) is 10.1 Å². The number of alkyl halides is 1. The molecular formula is C13H15ClN2O4. The fourth-order valence-electron chi connectivity index (χ4n) is 1.42. The number of nitrogens with one attached hydrogen (secondary N) is 2. The fourth-order valence-corrected chi connectivity index (χ4v) is 1.47. The lowest BCUT2D eigenvalue weighted by atomic mass is 10.1. The molecule has 6 nitrogen and oxygen atoms in total. The molecule has 1 rings (SSSR count). The van der Waals surface area contributed by atoms with Gasteiger partial charge in [0.15, 0.2) is 6.04 Å². The van der Waals surface area contributed by atoms with Crippen molar-refractivity contribution in [1.82, 2.24) is 10.6 Å². The molecule has 0 spiro atoms. The van der Waals surface area contributed by atoms with Crippen molar-refractivity contribution in [3.05, 3.63) is 35.9 Å². The molecular weight excluding hydrogens is 284 g/mol. The molecule has 1 aromatic carbocycles. The van der Waals surface area contributed by atoms with Gasteiger partial charge in [0.1, 0.15) is 5.38 Å². The van der Waals surface area contributed by atoms with E-state index < -0.39 is 29.3 Å². The lowest BCUT2D eigenvalue weighted by molar-refractivity contribution is -0.143. The highest BCUT2D eigenvalue weighted by atomic mass is 35.5. The van der Waals surface area contributed by atoms with Gasteiger partial charge in [-0.15, -0.1) is 11.6 Å². The first-order valence-electron chi connectivity index (χ1n) is 5.84. The number of imide groups is 1. The van der Waals surface area contributed by atoms with E-state index in [0.29, 0.717) is 5.56 Å². The smallest absolute Gasteiger partial charge is 0.333 e. The molecule has 0 aliphatic carbocycles. The standard InChI is InChI=1S/C13H15ClN2O4/c1-8(14)11(17)16-13(19)15-10(12(18)20-2)9-6-4-3-5-7-9/h3-8,10H,1-2H3,(H2,15,16,17,19). The van der Waals surface area contributed by atoms with E-state index in [4.69, 9.17) is 11.6 Å². The third-order valence-corrected chi connectivity index (χ3v) is 2.64. The zero-order valence-electron chi connectivity index (χ0n) is 11.1. The van der Waals surface area contributed by atoms with Crippen LogP contribution < -0.4 is 10.6 Å². The quantitative estimate of drug-likeness (QED) is 0.649. The van der Waals surface area contributed by atoms with E-state index in [9.17, 15) is 14.4 Å². The molecule has 0 bridgehead atoms. The molecule has 0 fully saturated rings. The summed E-state index contributed by atoms with van der Waals surface area (Å²) < 4.78 is 4.63. The van der Waals surface area contributed by atoms with E-state index in [1.807, 2.05) is 5.32 Å². The van der Waals surface area contributed by atoms with Crippen LogP contribution in [0.2, 0.25) is 0 Å². The van der Waals surface area contributed by atoms with Crippen LogP contribution in [0.15, 0.2) is 30.3 Å². The average molecular weight is 299 g/mol. The third-order valence-electron chi connectivity index (χ3n) is 2.44. The van der Waals surface area contributed by atoms with E-state index in [0.717, 1.165) is 0 Å². The number of carbonyl (C=O) groups excluding carboxylic acids is 3. The Morgan fingerprint density at radius 3 is 2.30 bits per heavy atom. The van der Waals surface area contributed by atoms with Crippen molar-refractivity contribution in [3.63, 3.8) is 0 Å². The highest BCUT2D eigenvalue weighted by Crippen LogP contribution is 2.13. The van der Waals surface area contributed by atoms with Gasteiger partial charge in [0.25, 0.3) is 0 Å². The molecule has 0 aliphatic heterocycles. The number of hydrogen-bond acceptors (Lipinski definition) is 4. The van der Waals surface area contributed by atoms with Crippen molar-refractivity contribution < 1.29 is 19.1 Å². The first kappa shape index (κ1) is 16.0. The van der Waals surface area contributed by atoms with Crippen LogP contribution in [-0.4, -0.2) is 30.4 Å². The molecule has 0 aliphatic rings. The summed E-state index contributed by atoms with van der Waals surface area (Å²) in [5.74, 6) is -1.29. The fraction of sp³-hybridized carbons (Fsp3) is 0.308. The van der Waals surface area contributed by atoms with Crippen LogP contribution in [0.5, 0.6) is 0 Å². The van der Waals surface area contributed by atoms with Gasteiger partial charge in [-0.2, -0.15) is 0 Å². The number of esters is 1. The zero-order chi connectivity index (χ0) is 15.1. The van der Waals surface area contributed by atoms with Gasteiger partial charge in [-0.1, -0.05) is 30.3 Å². The number of urea groups is 1. The number of methoxy groups -OCH3 is 1. The van der Waals surface area contributed by atoms with E-state index in [1.165, 1.54) is 14.0 Å². The Hall–Kier alpha value is -2.08. The monoisotopic (exact) mass is 298 g/mol. The first-order chi connectivity index (χ1) is 9.45. The summed E-state index contributed by atoms with van der Waals surface area (Å²) >= 11 is 5.53. The molecule has 0 radical (unpaired) electrons. The highest BCUT2D eigenvalue weighted by molar-refractivity contribution is 6.31. The molecule has 20 heavy (non-hydrogen) atoms. The largest absolute Gasteiger partial charge is 0.467 e. The number of hydrogen-bond donors (Lipinski definition) is 2. The molecule has 3 amide bonds. The first-order valence-corrected chi connectivity index (χ1v) is 6.27. The van der Waals surface area contributed by atoms with Gasteiger partial charge in [0.2, 0.25) is 5.91 Å². The van der Waals surface area contributed by atoms with E-state index in [1.54, 1.807) is 30.3 Å². The summed E-state index contributed by atoms with van der Waals surface area (Å²) in [5.41, 5.74) is 0.542. The summed E-state index contributed by atoms with van der Waals surface area (Å²) in [5, 5.41) is 3.54. The van der Waals surface area contributed by atoms with Gasteiger partial charge in [-0.05, 0) is 12.5 Å². The Bertz CT molecular complexity index is 490. The van der Waals surface area contributed by atoms with Crippen molar-refractivity contribution >= 4 is 29.5 Å². The highest BCUT2D eigenvalue weighted by Gasteiger charge is 2.24. The van der Waals surface area contributed by atoms with Crippen molar-refractivity contribution in [3.8, 4) is 0 Å². The lowest BCUT2D eigenvalue weighted by Gasteiger charge is -2.17. The summed E-state index contributed by atoms with van der Waals surface area (Å²) in [6.07, 6.45) is 0. The van der Waals surface area contributed by atoms with Gasteiger partial charge >= 0.3 is 12.0 Å². The molecule has 108 valence electrons. The van der Waals surface area contributed by atoms with Crippen molar-refractivity contribution in [1.29, 1.82) is 0 Å². The van der Waals surface area contributed by atoms with Crippen molar-refractivity contribution in [2.45, 2.75) is 18.3 Å². The van der Waals surface area contributed by atoms with Crippen LogP contribution in [0.25, 0.3) is 0 Å². The molecule has 2 N–H and O–H groups in total. The Morgan fingerprint density at radius 2 is 1.80 bits per heavy atom. The predicted molar refractivity (Wildman–Crippen MR) is 73.2 cm³/mol. The number of rotatable bonds is 4. The number of halogens is 1. The minimum absolute atomic E-state index is 0.542. The van der Waals surface area contributed by atoms with Crippen LogP contribution in [0.4, 0.5) is 4.79 Å². The summed E-state index contributed by atoms with van der Waals surface area (Å²) in [7, 11) is 1.21. The second kappa shape index (κ2) is 7.49. The average Bonchev–Trinajstić information content (AvgIpc) is 2.44. The molecule has 0 aromatic heterocycles. The van der Waals surface area contributed by atoms with Gasteiger partial charge < -0.3 is 10.1 Å². The van der Waals surface area contributed by atoms with E-state index in [2.05, 4.69) is 10.1 Å². The summed E-state index contributed by atoms with van der Waals surface area (Å²) in [4.78, 5) is 34.6. The maximum Gasteiger partial charge on any atom is 0.333 e. The Balaban J connectivity index is 2.79. The lowest BCUT2D eigenvalue weighted by Crippen LogP contribution is -2.45. The van der Waals surface area contributed by atoms with Crippen molar-refractivity contribution in [2.24, 2.45) is 0 Å². The van der Waals surface area contributed by atoms with Gasteiger partial charge in [0.05, 0.1) is 7.11 Å². The van der Waals surface area contributed by atoms with Crippen LogP contribution in [0.3, 0.4) is 0 Å². The van der Waals surface area contributed by atoms with Gasteiger partial charge in [0, 0.05) is 0 Å². The summed E-state index contributed by atoms with van der Waals surface area (Å²) in [6, 6.07) is 6.72. The molecule has 2 atom stereocenters. The van der Waals surface area contributed by atoms with Crippen LogP contribution in [-0.2, 0) is 14.3 Å².